The van der Waals surface area contributed by atoms with E-state index in [1.54, 1.807) is 22.8 Å². The Morgan fingerprint density at radius 2 is 2.02 bits per heavy atom. The van der Waals surface area contributed by atoms with Crippen LogP contribution in [0.4, 0.5) is 15.8 Å². The number of nitrogens with zero attached hydrogens (tertiary/aromatic N) is 10. The summed E-state index contributed by atoms with van der Waals surface area (Å²) in [6.45, 7) is 4.13. The molecule has 1 amide bonds. The van der Waals surface area contributed by atoms with Gasteiger partial charge in [-0.1, -0.05) is 11.2 Å². The van der Waals surface area contributed by atoms with Crippen LogP contribution in [0.2, 0.25) is 0 Å². The Bertz CT molecular complexity index is 1980. The summed E-state index contributed by atoms with van der Waals surface area (Å²) in [4.78, 5) is 27.8. The summed E-state index contributed by atoms with van der Waals surface area (Å²) in [5.74, 6) is 0.237. The lowest BCUT2D eigenvalue weighted by molar-refractivity contribution is 0.0368. The molecule has 2 bridgehead atoms. The number of carbonyl (C=O) groups excluding carboxylic acids is 1. The largest absolute Gasteiger partial charge is 0.473 e. The molecular formula is C32H37FN12O3S. The number of aliphatic hydroxyl groups is 1. The van der Waals surface area contributed by atoms with E-state index in [0.717, 1.165) is 77.2 Å². The first-order valence-electron chi connectivity index (χ1n) is 16.6. The number of thiazole rings is 1. The van der Waals surface area contributed by atoms with Crippen LogP contribution in [-0.4, -0.2) is 106 Å². The molecule has 4 aromatic heterocycles. The van der Waals surface area contributed by atoms with Crippen molar-refractivity contribution in [1.82, 2.24) is 50.0 Å². The average Bonchev–Trinajstić information content (AvgIpc) is 3.85. The summed E-state index contributed by atoms with van der Waals surface area (Å²) in [6.07, 6.45) is 8.02. The number of ether oxygens (including phenoxy) is 1. The minimum absolute atomic E-state index is 0.00534. The predicted octanol–water partition coefficient (Wildman–Crippen LogP) is 2.62. The Morgan fingerprint density at radius 3 is 2.80 bits per heavy atom. The number of tetrazole rings is 1. The highest BCUT2D eigenvalue weighted by Gasteiger charge is 2.41. The number of anilines is 2. The molecular weight excluding hydrogens is 651 g/mol. The zero-order valence-corrected chi connectivity index (χ0v) is 27.8. The lowest BCUT2D eigenvalue weighted by atomic mass is 10.00. The molecule has 3 atom stereocenters. The van der Waals surface area contributed by atoms with Gasteiger partial charge >= 0.3 is 6.08 Å². The number of amides is 1. The predicted molar refractivity (Wildman–Crippen MR) is 179 cm³/mol. The first-order valence-corrected chi connectivity index (χ1v) is 17.4. The van der Waals surface area contributed by atoms with Crippen molar-refractivity contribution in [2.45, 2.75) is 69.7 Å². The summed E-state index contributed by atoms with van der Waals surface area (Å²) in [5.41, 5.74) is 10.0. The number of aromatic nitrogens is 8. The highest BCUT2D eigenvalue weighted by Crippen LogP contribution is 2.38. The second kappa shape index (κ2) is 12.9. The van der Waals surface area contributed by atoms with Crippen LogP contribution in [0.3, 0.4) is 0 Å². The summed E-state index contributed by atoms with van der Waals surface area (Å²) in [5, 5.41) is 28.5. The van der Waals surface area contributed by atoms with Crippen molar-refractivity contribution < 1.29 is 19.0 Å². The number of nitrogen functional groups attached to an aromatic ring is 1. The molecule has 0 aliphatic carbocycles. The first-order chi connectivity index (χ1) is 23.9. The third kappa shape index (κ3) is 5.95. The molecule has 17 heteroatoms. The van der Waals surface area contributed by atoms with Crippen molar-refractivity contribution in [3.63, 3.8) is 0 Å². The van der Waals surface area contributed by atoms with Crippen molar-refractivity contribution in [1.29, 1.82) is 0 Å². The van der Waals surface area contributed by atoms with Crippen molar-refractivity contribution in [2.24, 2.45) is 0 Å². The Kier molecular flexibility index (Phi) is 8.33. The molecule has 7 heterocycles. The van der Waals surface area contributed by atoms with Crippen LogP contribution in [0.1, 0.15) is 53.2 Å². The van der Waals surface area contributed by atoms with E-state index in [9.17, 15) is 14.3 Å². The highest BCUT2D eigenvalue weighted by molar-refractivity contribution is 7.13. The number of halogens is 1. The normalized spacial score (nSPS) is 22.6. The standard InChI is InChI=1S/C32H37FN12O3S/c1-18-37-31(48-23-12-21-5-6-22(13-23)43(21)9-10-46)29(49-18)30(47)38-20-3-2-8-42(16-20)27-14-25(44-28(27)15-35-17-36-44)19-4-7-24(34)26(11-19)45-32(33)39-40-41-45/h4,7,11,14-15,17,20-23,46H,2-3,5-6,8-10,12-13,16,34H2,1H3,(H,38,47)/t20-,21?,22?,23?/m1/s1. The molecule has 3 saturated heterocycles. The monoisotopic (exact) mass is 688 g/mol. The number of hydrogen-bond donors (Lipinski definition) is 3. The lowest BCUT2D eigenvalue weighted by Crippen LogP contribution is -2.48. The van der Waals surface area contributed by atoms with Gasteiger partial charge in [-0.05, 0) is 74.1 Å². The van der Waals surface area contributed by atoms with Gasteiger partial charge in [0.25, 0.3) is 5.91 Å². The Labute approximate surface area is 284 Å². The zero-order valence-electron chi connectivity index (χ0n) is 26.9. The average molecular weight is 689 g/mol. The SMILES string of the molecule is Cc1nc(OC2CC3CCC(C2)N3CCO)c(C(=O)N[C@@H]2CCCN(c3cc(-c4ccc(N)c(-n5nnnc5F)c4)n4ncncc34)C2)s1. The molecule has 49 heavy (non-hydrogen) atoms. The van der Waals surface area contributed by atoms with Crippen LogP contribution in [0.5, 0.6) is 5.88 Å². The van der Waals surface area contributed by atoms with Gasteiger partial charge in [0, 0.05) is 43.3 Å². The molecule has 0 radical (unpaired) electrons. The Hall–Kier alpha value is -4.74. The molecule has 1 aromatic carbocycles. The second-order valence-electron chi connectivity index (χ2n) is 12.9. The Morgan fingerprint density at radius 1 is 1.18 bits per heavy atom. The molecule has 0 saturated carbocycles. The van der Waals surface area contributed by atoms with Crippen molar-refractivity contribution >= 4 is 34.1 Å². The summed E-state index contributed by atoms with van der Waals surface area (Å²) < 4.78 is 23.5. The molecule has 3 aliphatic rings. The van der Waals surface area contributed by atoms with Gasteiger partial charge in [0.05, 0.1) is 40.6 Å². The van der Waals surface area contributed by atoms with Gasteiger partial charge in [0.15, 0.2) is 4.88 Å². The van der Waals surface area contributed by atoms with Crippen LogP contribution < -0.4 is 20.7 Å². The maximum absolute atomic E-state index is 14.3. The number of aliphatic hydroxyl groups excluding tert-OH is 1. The van der Waals surface area contributed by atoms with E-state index in [2.05, 4.69) is 45.7 Å². The van der Waals surface area contributed by atoms with Gasteiger partial charge in [0.1, 0.15) is 17.9 Å². The number of nitrogens with two attached hydrogens (primary N) is 1. The van der Waals surface area contributed by atoms with E-state index >= 15 is 0 Å². The fraction of sp³-hybridized carbons (Fsp3) is 0.469. The van der Waals surface area contributed by atoms with Crippen molar-refractivity contribution in [3.05, 3.63) is 52.8 Å². The second-order valence-corrected chi connectivity index (χ2v) is 14.1. The first kappa shape index (κ1) is 31.5. The highest BCUT2D eigenvalue weighted by atomic mass is 32.1. The van der Waals surface area contributed by atoms with E-state index in [1.165, 1.54) is 17.7 Å². The quantitative estimate of drug-likeness (QED) is 0.193. The minimum atomic E-state index is -0.869. The summed E-state index contributed by atoms with van der Waals surface area (Å²) >= 11 is 1.36. The van der Waals surface area contributed by atoms with E-state index in [1.807, 2.05) is 19.1 Å². The third-order valence-electron chi connectivity index (χ3n) is 9.89. The van der Waals surface area contributed by atoms with E-state index < -0.39 is 6.08 Å². The number of nitrogens with one attached hydrogen (secondary N) is 1. The zero-order chi connectivity index (χ0) is 33.6. The molecule has 15 nitrogen and oxygen atoms in total. The number of fused-ring (bicyclic) bond motifs is 3. The van der Waals surface area contributed by atoms with Gasteiger partial charge in [-0.25, -0.2) is 14.5 Å². The fourth-order valence-corrected chi connectivity index (χ4v) is 8.51. The summed E-state index contributed by atoms with van der Waals surface area (Å²) in [7, 11) is 0. The van der Waals surface area contributed by atoms with Crippen molar-refractivity contribution in [3.8, 4) is 22.8 Å². The van der Waals surface area contributed by atoms with Gasteiger partial charge in [-0.3, -0.25) is 9.69 Å². The fourth-order valence-electron chi connectivity index (χ4n) is 7.76. The Balaban J connectivity index is 0.999. The van der Waals surface area contributed by atoms with Crippen LogP contribution in [0.15, 0.2) is 36.8 Å². The number of hydrogen-bond acceptors (Lipinski definition) is 13. The smallest absolute Gasteiger partial charge is 0.332 e. The molecule has 3 aliphatic heterocycles. The lowest BCUT2D eigenvalue weighted by Gasteiger charge is -2.38. The number of aryl methyl sites for hydroxylation is 1. The van der Waals surface area contributed by atoms with E-state index in [-0.39, 0.29) is 24.7 Å². The van der Waals surface area contributed by atoms with Crippen molar-refractivity contribution in [2.75, 3.05) is 36.9 Å². The summed E-state index contributed by atoms with van der Waals surface area (Å²) in [6, 6.07) is 7.96. The van der Waals surface area contributed by atoms with Gasteiger partial charge in [-0.15, -0.1) is 11.3 Å². The molecule has 5 aromatic rings. The number of carbonyl (C=O) groups is 1. The molecule has 8 rings (SSSR count). The molecule has 4 N–H and O–H groups in total. The molecule has 256 valence electrons. The molecule has 0 spiro atoms. The number of piperidine rings is 2. The maximum atomic E-state index is 14.3. The topological polar surface area (TPSA) is 178 Å². The van der Waals surface area contributed by atoms with E-state index in [0.29, 0.717) is 47.3 Å². The number of benzene rings is 1. The van der Waals surface area contributed by atoms with Crippen LogP contribution in [0.25, 0.3) is 22.5 Å². The maximum Gasteiger partial charge on any atom is 0.332 e. The van der Waals surface area contributed by atoms with Crippen LogP contribution in [0, 0.1) is 13.0 Å². The van der Waals surface area contributed by atoms with Gasteiger partial charge in [-0.2, -0.15) is 14.2 Å². The van der Waals surface area contributed by atoms with Gasteiger partial charge < -0.3 is 25.8 Å². The van der Waals surface area contributed by atoms with Crippen LogP contribution in [-0.2, 0) is 0 Å². The molecule has 3 fully saturated rings. The van der Waals surface area contributed by atoms with E-state index in [4.69, 9.17) is 10.5 Å². The van der Waals surface area contributed by atoms with Crippen LogP contribution >= 0.6 is 11.3 Å². The number of rotatable bonds is 9. The van der Waals surface area contributed by atoms with Gasteiger partial charge in [0.2, 0.25) is 5.88 Å². The minimum Gasteiger partial charge on any atom is -0.473 e. The third-order valence-corrected chi connectivity index (χ3v) is 10.8. The molecule has 2 unspecified atom stereocenters.